The van der Waals surface area contributed by atoms with Crippen LogP contribution in [-0.2, 0) is 4.74 Å². The molecule has 1 heterocycles. The summed E-state index contributed by atoms with van der Waals surface area (Å²) >= 11 is 0. The number of carbonyl (C=O) groups excluding carboxylic acids is 2. The molecule has 0 atom stereocenters. The summed E-state index contributed by atoms with van der Waals surface area (Å²) in [6.07, 6.45) is 0. The number of nitrogens with one attached hydrogen (secondary N) is 2. The number of esters is 1. The summed E-state index contributed by atoms with van der Waals surface area (Å²) in [7, 11) is 0. The van der Waals surface area contributed by atoms with Gasteiger partial charge in [0, 0.05) is 11.4 Å². The number of rotatable bonds is 6. The third kappa shape index (κ3) is 5.13. The number of nitrogens with zero attached hydrogens (tertiary/aromatic N) is 2. The highest BCUT2D eigenvalue weighted by atomic mass is 19.1. The van der Waals surface area contributed by atoms with Crippen molar-refractivity contribution < 1.29 is 18.7 Å². The van der Waals surface area contributed by atoms with Gasteiger partial charge in [0.1, 0.15) is 11.5 Å². The van der Waals surface area contributed by atoms with Crippen LogP contribution in [0.3, 0.4) is 0 Å². The lowest BCUT2D eigenvalue weighted by Gasteiger charge is -2.11. The molecule has 0 unspecified atom stereocenters. The van der Waals surface area contributed by atoms with E-state index in [1.54, 1.807) is 50.2 Å². The molecule has 0 aliphatic rings. The van der Waals surface area contributed by atoms with Gasteiger partial charge in [-0.3, -0.25) is 4.79 Å². The molecule has 7 nitrogen and oxygen atoms in total. The zero-order chi connectivity index (χ0) is 20.8. The van der Waals surface area contributed by atoms with Crippen molar-refractivity contribution in [3.05, 3.63) is 77.4 Å². The maximum atomic E-state index is 13.4. The van der Waals surface area contributed by atoms with Crippen LogP contribution in [0.5, 0.6) is 0 Å². The van der Waals surface area contributed by atoms with E-state index in [0.717, 1.165) is 0 Å². The molecule has 0 radical (unpaired) electrons. The fraction of sp³-hybridized carbons (Fsp3) is 0.143. The van der Waals surface area contributed by atoms with Crippen molar-refractivity contribution in [2.45, 2.75) is 13.8 Å². The van der Waals surface area contributed by atoms with E-state index in [2.05, 4.69) is 20.6 Å². The molecule has 1 aromatic heterocycles. The first-order valence-corrected chi connectivity index (χ1v) is 8.92. The average molecular weight is 394 g/mol. The fourth-order valence-electron chi connectivity index (χ4n) is 2.60. The van der Waals surface area contributed by atoms with Crippen LogP contribution in [0.15, 0.2) is 54.6 Å². The monoisotopic (exact) mass is 394 g/mol. The predicted octanol–water partition coefficient (Wildman–Crippen LogP) is 4.10. The quantitative estimate of drug-likeness (QED) is 0.612. The minimum absolute atomic E-state index is 0.0927. The molecular formula is C21H19FN4O3. The number of aromatic nitrogens is 2. The Kier molecular flexibility index (Phi) is 6.13. The van der Waals surface area contributed by atoms with Crippen molar-refractivity contribution in [1.29, 1.82) is 0 Å². The maximum absolute atomic E-state index is 13.4. The van der Waals surface area contributed by atoms with E-state index in [1.807, 2.05) is 0 Å². The largest absolute Gasteiger partial charge is 0.462 e. The number of halogens is 1. The molecule has 3 rings (SSSR count). The number of para-hydroxylation sites is 1. The minimum Gasteiger partial charge on any atom is -0.462 e. The van der Waals surface area contributed by atoms with E-state index in [0.29, 0.717) is 17.1 Å². The third-order valence-corrected chi connectivity index (χ3v) is 3.84. The van der Waals surface area contributed by atoms with Crippen LogP contribution < -0.4 is 10.6 Å². The van der Waals surface area contributed by atoms with Crippen molar-refractivity contribution in [3.63, 3.8) is 0 Å². The van der Waals surface area contributed by atoms with E-state index in [9.17, 15) is 14.0 Å². The zero-order valence-corrected chi connectivity index (χ0v) is 15.9. The smallest absolute Gasteiger partial charge is 0.340 e. The zero-order valence-electron chi connectivity index (χ0n) is 15.9. The number of aryl methyl sites for hydroxylation is 1. The SMILES string of the molecule is CCOC(=O)c1ccccc1NC(=O)c1cc(C)nc(Nc2cccc(F)c2)n1. The van der Waals surface area contributed by atoms with Gasteiger partial charge in [-0.1, -0.05) is 18.2 Å². The number of ether oxygens (including phenoxy) is 1. The molecule has 2 N–H and O–H groups in total. The predicted molar refractivity (Wildman–Crippen MR) is 107 cm³/mol. The molecule has 0 spiro atoms. The molecule has 0 aliphatic heterocycles. The molecule has 3 aromatic rings. The summed E-state index contributed by atoms with van der Waals surface area (Å²) in [5.41, 5.74) is 1.64. The first-order chi connectivity index (χ1) is 14.0. The number of hydrogen-bond donors (Lipinski definition) is 2. The molecule has 0 bridgehead atoms. The van der Waals surface area contributed by atoms with Gasteiger partial charge < -0.3 is 15.4 Å². The van der Waals surface area contributed by atoms with Gasteiger partial charge >= 0.3 is 5.97 Å². The molecule has 0 saturated heterocycles. The molecule has 8 heteroatoms. The number of benzene rings is 2. The van der Waals surface area contributed by atoms with Crippen LogP contribution in [0.2, 0.25) is 0 Å². The van der Waals surface area contributed by atoms with Gasteiger partial charge in [-0.05, 0) is 50.2 Å². The van der Waals surface area contributed by atoms with Crippen LogP contribution in [0.25, 0.3) is 0 Å². The topological polar surface area (TPSA) is 93.2 Å². The lowest BCUT2D eigenvalue weighted by atomic mass is 10.1. The van der Waals surface area contributed by atoms with Crippen molar-refractivity contribution in [2.75, 3.05) is 17.2 Å². The van der Waals surface area contributed by atoms with Gasteiger partial charge in [-0.2, -0.15) is 0 Å². The van der Waals surface area contributed by atoms with Crippen molar-refractivity contribution in [3.8, 4) is 0 Å². The Labute approximate surface area is 167 Å². The number of anilines is 3. The summed E-state index contributed by atoms with van der Waals surface area (Å²) in [4.78, 5) is 33.2. The standard InChI is InChI=1S/C21H19FN4O3/c1-3-29-20(28)16-9-4-5-10-17(16)25-19(27)18-11-13(2)23-21(26-18)24-15-8-6-7-14(22)12-15/h4-12H,3H2,1-2H3,(H,25,27)(H,23,24,26). The van der Waals surface area contributed by atoms with Gasteiger partial charge in [-0.15, -0.1) is 0 Å². The van der Waals surface area contributed by atoms with Crippen molar-refractivity contribution in [1.82, 2.24) is 9.97 Å². The van der Waals surface area contributed by atoms with E-state index in [1.165, 1.54) is 18.2 Å². The summed E-state index contributed by atoms with van der Waals surface area (Å²) in [5, 5.41) is 5.55. The molecule has 2 aromatic carbocycles. The molecule has 1 amide bonds. The van der Waals surface area contributed by atoms with Crippen molar-refractivity contribution in [2.24, 2.45) is 0 Å². The first-order valence-electron chi connectivity index (χ1n) is 8.92. The first kappa shape index (κ1) is 19.9. The lowest BCUT2D eigenvalue weighted by Crippen LogP contribution is -2.18. The molecule has 0 fully saturated rings. The Hall–Kier alpha value is -3.81. The lowest BCUT2D eigenvalue weighted by molar-refractivity contribution is 0.0527. The van der Waals surface area contributed by atoms with E-state index in [4.69, 9.17) is 4.74 Å². The van der Waals surface area contributed by atoms with Gasteiger partial charge in [0.15, 0.2) is 0 Å². The van der Waals surface area contributed by atoms with E-state index >= 15 is 0 Å². The maximum Gasteiger partial charge on any atom is 0.340 e. The molecule has 0 aliphatic carbocycles. The summed E-state index contributed by atoms with van der Waals surface area (Å²) < 4.78 is 18.4. The highest BCUT2D eigenvalue weighted by Gasteiger charge is 2.16. The van der Waals surface area contributed by atoms with E-state index in [-0.39, 0.29) is 23.8 Å². The molecule has 148 valence electrons. The van der Waals surface area contributed by atoms with Gasteiger partial charge in [0.2, 0.25) is 5.95 Å². The Morgan fingerprint density at radius 2 is 1.86 bits per heavy atom. The van der Waals surface area contributed by atoms with E-state index < -0.39 is 17.7 Å². The Balaban J connectivity index is 1.83. The fourth-order valence-corrected chi connectivity index (χ4v) is 2.60. The van der Waals surface area contributed by atoms with Crippen LogP contribution in [0.4, 0.5) is 21.7 Å². The molecule has 0 saturated carbocycles. The second-order valence-corrected chi connectivity index (χ2v) is 6.07. The highest BCUT2D eigenvalue weighted by Crippen LogP contribution is 2.19. The second kappa shape index (κ2) is 8.92. The summed E-state index contributed by atoms with van der Waals surface area (Å²) in [6.45, 7) is 3.64. The summed E-state index contributed by atoms with van der Waals surface area (Å²) in [6, 6.07) is 13.9. The van der Waals surface area contributed by atoms with Crippen LogP contribution >= 0.6 is 0 Å². The normalized spacial score (nSPS) is 10.3. The van der Waals surface area contributed by atoms with Gasteiger partial charge in [0.25, 0.3) is 5.91 Å². The van der Waals surface area contributed by atoms with Crippen LogP contribution in [-0.4, -0.2) is 28.5 Å². The van der Waals surface area contributed by atoms with Gasteiger partial charge in [-0.25, -0.2) is 19.2 Å². The molecular weight excluding hydrogens is 375 g/mol. The summed E-state index contributed by atoms with van der Waals surface area (Å²) in [5.74, 6) is -1.30. The second-order valence-electron chi connectivity index (χ2n) is 6.07. The van der Waals surface area contributed by atoms with Crippen LogP contribution in [0.1, 0.15) is 33.5 Å². The average Bonchev–Trinajstić information content (AvgIpc) is 2.68. The third-order valence-electron chi connectivity index (χ3n) is 3.84. The Morgan fingerprint density at radius 1 is 1.07 bits per heavy atom. The number of amides is 1. The number of hydrogen-bond acceptors (Lipinski definition) is 6. The van der Waals surface area contributed by atoms with Gasteiger partial charge in [0.05, 0.1) is 17.9 Å². The molecule has 29 heavy (non-hydrogen) atoms. The number of carbonyl (C=O) groups is 2. The minimum atomic E-state index is -0.532. The van der Waals surface area contributed by atoms with Crippen LogP contribution in [0, 0.1) is 12.7 Å². The Bertz CT molecular complexity index is 1060. The van der Waals surface area contributed by atoms with Crippen molar-refractivity contribution >= 4 is 29.2 Å². The Morgan fingerprint density at radius 3 is 2.62 bits per heavy atom. The highest BCUT2D eigenvalue weighted by molar-refractivity contribution is 6.07.